The molecular weight excluding hydrogens is 491 g/mol. The molecule has 0 bridgehead atoms. The van der Waals surface area contributed by atoms with Gasteiger partial charge in [-0.3, -0.25) is 9.79 Å². The first kappa shape index (κ1) is 23.7. The standard InChI is InChI=1S/C22H28N6O.HI/c1-16-27-19-9-4-5-10-20(19)28(16)14-13-26-22(24-3)25-12-11-17-7-6-8-18(15-17)21(29)23-2;/h4-10,15H,11-14H2,1-3H3,(H,23,29)(H2,24,25,26);1H. The lowest BCUT2D eigenvalue weighted by Crippen LogP contribution is -2.39. The number of fused-ring (bicyclic) bond motifs is 1. The van der Waals surface area contributed by atoms with Gasteiger partial charge in [-0.25, -0.2) is 4.98 Å². The summed E-state index contributed by atoms with van der Waals surface area (Å²) in [5.41, 5.74) is 3.95. The minimum atomic E-state index is -0.0698. The van der Waals surface area contributed by atoms with Crippen molar-refractivity contribution in [3.63, 3.8) is 0 Å². The van der Waals surface area contributed by atoms with Crippen molar-refractivity contribution in [2.24, 2.45) is 4.99 Å². The smallest absolute Gasteiger partial charge is 0.251 e. The number of halogens is 1. The maximum absolute atomic E-state index is 11.8. The Morgan fingerprint density at radius 1 is 1.10 bits per heavy atom. The number of nitrogens with one attached hydrogen (secondary N) is 3. The number of carbonyl (C=O) groups excluding carboxylic acids is 1. The number of aromatic nitrogens is 2. The van der Waals surface area contributed by atoms with Crippen molar-refractivity contribution < 1.29 is 4.79 Å². The van der Waals surface area contributed by atoms with Crippen molar-refractivity contribution in [1.82, 2.24) is 25.5 Å². The van der Waals surface area contributed by atoms with Gasteiger partial charge in [-0.05, 0) is 43.2 Å². The Balaban J connectivity index is 0.00000320. The highest BCUT2D eigenvalue weighted by molar-refractivity contribution is 14.0. The zero-order chi connectivity index (χ0) is 20.6. The number of para-hydroxylation sites is 2. The lowest BCUT2D eigenvalue weighted by Gasteiger charge is -2.13. The Labute approximate surface area is 194 Å². The topological polar surface area (TPSA) is 83.3 Å². The summed E-state index contributed by atoms with van der Waals surface area (Å²) in [5, 5.41) is 9.33. The SMILES string of the molecule is CN=C(NCCc1cccc(C(=O)NC)c1)NCCn1c(C)nc2ccccc21.I. The molecule has 0 aliphatic carbocycles. The Morgan fingerprint density at radius 2 is 1.87 bits per heavy atom. The second kappa shape index (κ2) is 11.5. The summed E-state index contributed by atoms with van der Waals surface area (Å²) in [5.74, 6) is 1.70. The maximum Gasteiger partial charge on any atom is 0.251 e. The van der Waals surface area contributed by atoms with Gasteiger partial charge in [-0.15, -0.1) is 24.0 Å². The van der Waals surface area contributed by atoms with Crippen molar-refractivity contribution in [3.05, 3.63) is 65.5 Å². The second-order valence-corrected chi connectivity index (χ2v) is 6.75. The lowest BCUT2D eigenvalue weighted by atomic mass is 10.1. The third-order valence-electron chi connectivity index (χ3n) is 4.82. The summed E-state index contributed by atoms with van der Waals surface area (Å²) in [7, 11) is 3.40. The second-order valence-electron chi connectivity index (χ2n) is 6.75. The van der Waals surface area contributed by atoms with Crippen LogP contribution in [0.5, 0.6) is 0 Å². The number of amides is 1. The van der Waals surface area contributed by atoms with Crippen LogP contribution in [-0.4, -0.2) is 48.6 Å². The number of hydrogen-bond donors (Lipinski definition) is 3. The zero-order valence-electron chi connectivity index (χ0n) is 17.6. The lowest BCUT2D eigenvalue weighted by molar-refractivity contribution is 0.0963. The first-order valence-corrected chi connectivity index (χ1v) is 9.79. The van der Waals surface area contributed by atoms with Crippen LogP contribution in [-0.2, 0) is 13.0 Å². The number of aliphatic imine (C=N–C) groups is 1. The van der Waals surface area contributed by atoms with Crippen molar-refractivity contribution >= 4 is 46.9 Å². The molecule has 160 valence electrons. The Kier molecular flexibility index (Phi) is 9.10. The normalized spacial score (nSPS) is 11.1. The summed E-state index contributed by atoms with van der Waals surface area (Å²) < 4.78 is 2.21. The number of carbonyl (C=O) groups is 1. The van der Waals surface area contributed by atoms with Crippen LogP contribution in [0.3, 0.4) is 0 Å². The Morgan fingerprint density at radius 3 is 2.63 bits per heavy atom. The summed E-state index contributed by atoms with van der Waals surface area (Å²) in [6.45, 7) is 4.30. The molecule has 0 spiro atoms. The molecule has 0 saturated carbocycles. The molecule has 7 nitrogen and oxygen atoms in total. The van der Waals surface area contributed by atoms with Gasteiger partial charge >= 0.3 is 0 Å². The summed E-state index contributed by atoms with van der Waals surface area (Å²) >= 11 is 0. The highest BCUT2D eigenvalue weighted by atomic mass is 127. The van der Waals surface area contributed by atoms with Gasteiger partial charge < -0.3 is 20.5 Å². The number of imidazole rings is 1. The molecular formula is C22H29IN6O. The minimum Gasteiger partial charge on any atom is -0.356 e. The van der Waals surface area contributed by atoms with Gasteiger partial charge in [0.1, 0.15) is 5.82 Å². The number of rotatable bonds is 7. The first-order chi connectivity index (χ1) is 14.1. The van der Waals surface area contributed by atoms with Crippen LogP contribution in [0, 0.1) is 6.92 Å². The summed E-state index contributed by atoms with van der Waals surface area (Å²) in [6.07, 6.45) is 0.802. The molecule has 0 unspecified atom stereocenters. The van der Waals surface area contributed by atoms with Gasteiger partial charge in [0.05, 0.1) is 11.0 Å². The fourth-order valence-corrected chi connectivity index (χ4v) is 3.32. The molecule has 3 N–H and O–H groups in total. The van der Waals surface area contributed by atoms with E-state index in [9.17, 15) is 4.79 Å². The number of nitrogens with zero attached hydrogens (tertiary/aromatic N) is 3. The van der Waals surface area contributed by atoms with E-state index in [0.29, 0.717) is 5.56 Å². The van der Waals surface area contributed by atoms with Crippen molar-refractivity contribution in [2.45, 2.75) is 19.9 Å². The van der Waals surface area contributed by atoms with Gasteiger partial charge in [0.25, 0.3) is 5.91 Å². The van der Waals surface area contributed by atoms with Crippen molar-refractivity contribution in [3.8, 4) is 0 Å². The van der Waals surface area contributed by atoms with E-state index in [0.717, 1.165) is 54.4 Å². The van der Waals surface area contributed by atoms with Crippen LogP contribution in [0.1, 0.15) is 21.7 Å². The molecule has 30 heavy (non-hydrogen) atoms. The predicted molar refractivity (Wildman–Crippen MR) is 133 cm³/mol. The quantitative estimate of drug-likeness (QED) is 0.254. The molecule has 0 saturated heterocycles. The minimum absolute atomic E-state index is 0. The van der Waals surface area contributed by atoms with E-state index < -0.39 is 0 Å². The first-order valence-electron chi connectivity index (χ1n) is 9.79. The largest absolute Gasteiger partial charge is 0.356 e. The van der Waals surface area contributed by atoms with Crippen LogP contribution in [0.15, 0.2) is 53.5 Å². The van der Waals surface area contributed by atoms with E-state index in [-0.39, 0.29) is 29.9 Å². The van der Waals surface area contributed by atoms with E-state index in [1.165, 1.54) is 0 Å². The third kappa shape index (κ3) is 5.94. The Bertz CT molecular complexity index is 1010. The monoisotopic (exact) mass is 520 g/mol. The Hall–Kier alpha value is -2.62. The van der Waals surface area contributed by atoms with E-state index in [4.69, 9.17) is 0 Å². The molecule has 1 amide bonds. The van der Waals surface area contributed by atoms with E-state index >= 15 is 0 Å². The predicted octanol–water partition coefficient (Wildman–Crippen LogP) is 2.73. The van der Waals surface area contributed by atoms with Crippen LogP contribution in [0.2, 0.25) is 0 Å². The fourth-order valence-electron chi connectivity index (χ4n) is 3.32. The molecule has 3 rings (SSSR count). The molecule has 0 fully saturated rings. The molecule has 0 atom stereocenters. The van der Waals surface area contributed by atoms with Gasteiger partial charge in [0, 0.05) is 39.3 Å². The molecule has 1 aromatic heterocycles. The maximum atomic E-state index is 11.8. The van der Waals surface area contributed by atoms with Gasteiger partial charge in [0.15, 0.2) is 5.96 Å². The molecule has 2 aromatic carbocycles. The van der Waals surface area contributed by atoms with Gasteiger partial charge in [-0.1, -0.05) is 24.3 Å². The average molecular weight is 520 g/mol. The molecule has 0 aliphatic rings. The third-order valence-corrected chi connectivity index (χ3v) is 4.82. The molecule has 0 radical (unpaired) electrons. The summed E-state index contributed by atoms with van der Waals surface area (Å²) in [6, 6.07) is 15.8. The van der Waals surface area contributed by atoms with E-state index in [1.807, 2.05) is 49.4 Å². The van der Waals surface area contributed by atoms with Gasteiger partial charge in [0.2, 0.25) is 0 Å². The highest BCUT2D eigenvalue weighted by Crippen LogP contribution is 2.14. The highest BCUT2D eigenvalue weighted by Gasteiger charge is 2.07. The number of aryl methyl sites for hydroxylation is 1. The van der Waals surface area contributed by atoms with E-state index in [2.05, 4.69) is 36.6 Å². The average Bonchev–Trinajstić information content (AvgIpc) is 3.07. The molecule has 1 heterocycles. The van der Waals surface area contributed by atoms with Crippen LogP contribution in [0.4, 0.5) is 0 Å². The fraction of sp³-hybridized carbons (Fsp3) is 0.318. The molecule has 8 heteroatoms. The molecule has 0 aliphatic heterocycles. The molecule has 3 aromatic rings. The van der Waals surface area contributed by atoms with Crippen LogP contribution < -0.4 is 16.0 Å². The number of hydrogen-bond acceptors (Lipinski definition) is 3. The van der Waals surface area contributed by atoms with Crippen molar-refractivity contribution in [1.29, 1.82) is 0 Å². The zero-order valence-corrected chi connectivity index (χ0v) is 19.9. The van der Waals surface area contributed by atoms with Crippen molar-refractivity contribution in [2.75, 3.05) is 27.2 Å². The van der Waals surface area contributed by atoms with Crippen LogP contribution >= 0.6 is 24.0 Å². The number of guanidine groups is 1. The van der Waals surface area contributed by atoms with E-state index in [1.54, 1.807) is 14.1 Å². The van der Waals surface area contributed by atoms with Gasteiger partial charge in [-0.2, -0.15) is 0 Å². The van der Waals surface area contributed by atoms with Crippen LogP contribution in [0.25, 0.3) is 11.0 Å². The number of benzene rings is 2. The summed E-state index contributed by atoms with van der Waals surface area (Å²) in [4.78, 5) is 20.6.